The molecule has 2 aliphatic heterocycles. The number of amides is 1. The van der Waals surface area contributed by atoms with Crippen molar-refractivity contribution in [2.45, 2.75) is 38.0 Å². The lowest BCUT2D eigenvalue weighted by Crippen LogP contribution is -2.43. The predicted molar refractivity (Wildman–Crippen MR) is 74.1 cm³/mol. The zero-order chi connectivity index (χ0) is 15.0. The number of alkyl halides is 3. The summed E-state index contributed by atoms with van der Waals surface area (Å²) in [6, 6.07) is 1.67. The average Bonchev–Trinajstić information content (AvgIpc) is 2.91. The second-order valence-corrected chi connectivity index (χ2v) is 6.62. The molecule has 1 fully saturated rings. The molecular weight excluding hydrogens is 301 g/mol. The van der Waals surface area contributed by atoms with Gasteiger partial charge < -0.3 is 4.90 Å². The van der Waals surface area contributed by atoms with E-state index in [2.05, 4.69) is 11.0 Å². The van der Waals surface area contributed by atoms with Crippen molar-refractivity contribution in [2.75, 3.05) is 19.6 Å². The number of fused-ring (bicyclic) bond motifs is 1. The zero-order valence-electron chi connectivity index (χ0n) is 11.5. The SMILES string of the molecule is O=C1[C@H](N2CCCc3sccc3C2)CCN1CC(F)(F)F. The van der Waals surface area contributed by atoms with Crippen molar-refractivity contribution >= 4 is 17.2 Å². The van der Waals surface area contributed by atoms with Crippen LogP contribution < -0.4 is 0 Å². The van der Waals surface area contributed by atoms with Crippen molar-refractivity contribution in [3.05, 3.63) is 21.9 Å². The highest BCUT2D eigenvalue weighted by molar-refractivity contribution is 7.10. The van der Waals surface area contributed by atoms with Crippen LogP contribution in [0.5, 0.6) is 0 Å². The first-order valence-electron chi connectivity index (χ1n) is 7.09. The lowest BCUT2D eigenvalue weighted by atomic mass is 10.2. The van der Waals surface area contributed by atoms with E-state index < -0.39 is 18.8 Å². The molecule has 0 aromatic carbocycles. The summed E-state index contributed by atoms with van der Waals surface area (Å²) < 4.78 is 37.4. The van der Waals surface area contributed by atoms with Crippen LogP contribution in [0.4, 0.5) is 13.2 Å². The fraction of sp³-hybridized carbons (Fsp3) is 0.643. The van der Waals surface area contributed by atoms with Crippen LogP contribution in [0.3, 0.4) is 0 Å². The van der Waals surface area contributed by atoms with Crippen molar-refractivity contribution in [3.63, 3.8) is 0 Å². The summed E-state index contributed by atoms with van der Waals surface area (Å²) >= 11 is 1.72. The van der Waals surface area contributed by atoms with E-state index in [0.29, 0.717) is 13.0 Å². The van der Waals surface area contributed by atoms with Crippen LogP contribution in [0, 0.1) is 0 Å². The summed E-state index contributed by atoms with van der Waals surface area (Å²) in [4.78, 5) is 16.6. The number of carbonyl (C=O) groups is 1. The smallest absolute Gasteiger partial charge is 0.332 e. The number of nitrogens with zero attached hydrogens (tertiary/aromatic N) is 2. The van der Waals surface area contributed by atoms with Crippen LogP contribution >= 0.6 is 11.3 Å². The van der Waals surface area contributed by atoms with E-state index in [4.69, 9.17) is 0 Å². The Morgan fingerprint density at radius 2 is 2.14 bits per heavy atom. The maximum Gasteiger partial charge on any atom is 0.406 e. The van der Waals surface area contributed by atoms with Gasteiger partial charge in [0.15, 0.2) is 0 Å². The number of carbonyl (C=O) groups excluding carboxylic acids is 1. The van der Waals surface area contributed by atoms with Crippen molar-refractivity contribution in [1.29, 1.82) is 0 Å². The molecule has 3 rings (SSSR count). The van der Waals surface area contributed by atoms with Gasteiger partial charge in [-0.25, -0.2) is 0 Å². The van der Waals surface area contributed by atoms with E-state index in [1.54, 1.807) is 11.3 Å². The van der Waals surface area contributed by atoms with Crippen molar-refractivity contribution in [1.82, 2.24) is 9.80 Å². The normalized spacial score (nSPS) is 24.2. The Kier molecular flexibility index (Phi) is 3.96. The summed E-state index contributed by atoms with van der Waals surface area (Å²) in [6.45, 7) is 0.530. The predicted octanol–water partition coefficient (Wildman–Crippen LogP) is 2.66. The molecule has 3 nitrogen and oxygen atoms in total. The first kappa shape index (κ1) is 14.8. The van der Waals surface area contributed by atoms with Crippen LogP contribution in [0.15, 0.2) is 11.4 Å². The molecule has 0 aliphatic carbocycles. The molecule has 0 saturated carbocycles. The van der Waals surface area contributed by atoms with Crippen LogP contribution in [-0.4, -0.2) is 47.6 Å². The Hall–Kier alpha value is -1.08. The minimum atomic E-state index is -4.32. The van der Waals surface area contributed by atoms with Crippen LogP contribution in [0.25, 0.3) is 0 Å². The number of hydrogen-bond donors (Lipinski definition) is 0. The second-order valence-electron chi connectivity index (χ2n) is 5.62. The molecule has 2 aliphatic rings. The van der Waals surface area contributed by atoms with Gasteiger partial charge >= 0.3 is 6.18 Å². The lowest BCUT2D eigenvalue weighted by molar-refractivity contribution is -0.159. The molecule has 0 radical (unpaired) electrons. The van der Waals surface area contributed by atoms with Gasteiger partial charge in [-0.3, -0.25) is 9.69 Å². The van der Waals surface area contributed by atoms with Gasteiger partial charge in [-0.2, -0.15) is 13.2 Å². The summed E-state index contributed by atoms with van der Waals surface area (Å²) in [7, 11) is 0. The minimum absolute atomic E-state index is 0.204. The van der Waals surface area contributed by atoms with Gasteiger partial charge in [-0.15, -0.1) is 11.3 Å². The number of halogens is 3. The largest absolute Gasteiger partial charge is 0.406 e. The van der Waals surface area contributed by atoms with Crippen molar-refractivity contribution in [3.8, 4) is 0 Å². The second kappa shape index (κ2) is 5.61. The molecule has 0 N–H and O–H groups in total. The molecule has 1 aromatic rings. The summed E-state index contributed by atoms with van der Waals surface area (Å²) in [5, 5.41) is 2.04. The summed E-state index contributed by atoms with van der Waals surface area (Å²) in [6.07, 6.45) is -1.87. The molecule has 1 saturated heterocycles. The number of likely N-dealkylation sites (tertiary alicyclic amines) is 1. The fourth-order valence-corrected chi connectivity index (χ4v) is 4.11. The van der Waals surface area contributed by atoms with E-state index >= 15 is 0 Å². The van der Waals surface area contributed by atoms with E-state index in [9.17, 15) is 18.0 Å². The van der Waals surface area contributed by atoms with E-state index in [1.165, 1.54) is 10.4 Å². The van der Waals surface area contributed by atoms with Crippen molar-refractivity contribution in [2.24, 2.45) is 0 Å². The van der Waals surface area contributed by atoms with Gasteiger partial charge in [0.1, 0.15) is 6.54 Å². The first-order chi connectivity index (χ1) is 9.94. The molecule has 0 bridgehead atoms. The monoisotopic (exact) mass is 318 g/mol. The number of thiophene rings is 1. The molecule has 3 heterocycles. The highest BCUT2D eigenvalue weighted by Crippen LogP contribution is 2.29. The third kappa shape index (κ3) is 3.23. The van der Waals surface area contributed by atoms with Gasteiger partial charge in [-0.05, 0) is 42.8 Å². The van der Waals surface area contributed by atoms with E-state index in [1.807, 2.05) is 5.38 Å². The summed E-state index contributed by atoms with van der Waals surface area (Å²) in [5.74, 6) is -0.369. The number of hydrogen-bond acceptors (Lipinski definition) is 3. The van der Waals surface area contributed by atoms with Gasteiger partial charge in [0.05, 0.1) is 6.04 Å². The van der Waals surface area contributed by atoms with Crippen LogP contribution in [0.2, 0.25) is 0 Å². The molecule has 1 amide bonds. The van der Waals surface area contributed by atoms with Gasteiger partial charge in [0.25, 0.3) is 0 Å². The third-order valence-electron chi connectivity index (χ3n) is 4.14. The maximum atomic E-state index is 12.5. The lowest BCUT2D eigenvalue weighted by Gasteiger charge is -2.26. The Bertz CT molecular complexity index is 529. The average molecular weight is 318 g/mol. The summed E-state index contributed by atoms with van der Waals surface area (Å²) in [5.41, 5.74) is 1.22. The standard InChI is InChI=1S/C14H17F3N2OS/c15-14(16,17)9-19-6-3-11(13(19)20)18-5-1-2-12-10(8-18)4-7-21-12/h4,7,11H,1-3,5-6,8-9H2/t11-/m1/s1. The highest BCUT2D eigenvalue weighted by Gasteiger charge is 2.41. The Morgan fingerprint density at radius 1 is 1.33 bits per heavy atom. The highest BCUT2D eigenvalue weighted by atomic mass is 32.1. The quantitative estimate of drug-likeness (QED) is 0.837. The zero-order valence-corrected chi connectivity index (χ0v) is 12.3. The number of rotatable bonds is 2. The number of aryl methyl sites for hydroxylation is 1. The molecule has 1 aromatic heterocycles. The van der Waals surface area contributed by atoms with E-state index in [0.717, 1.165) is 24.3 Å². The van der Waals surface area contributed by atoms with Crippen LogP contribution in [-0.2, 0) is 17.8 Å². The van der Waals surface area contributed by atoms with Gasteiger partial charge in [0, 0.05) is 18.0 Å². The third-order valence-corrected chi connectivity index (χ3v) is 5.16. The Labute approximate surface area is 125 Å². The Morgan fingerprint density at radius 3 is 2.90 bits per heavy atom. The topological polar surface area (TPSA) is 23.6 Å². The Balaban J connectivity index is 1.69. The maximum absolute atomic E-state index is 12.5. The van der Waals surface area contributed by atoms with Gasteiger partial charge in [0.2, 0.25) is 5.91 Å². The van der Waals surface area contributed by atoms with Crippen molar-refractivity contribution < 1.29 is 18.0 Å². The molecule has 1 atom stereocenters. The van der Waals surface area contributed by atoms with Crippen LogP contribution in [0.1, 0.15) is 23.3 Å². The fourth-order valence-electron chi connectivity index (χ4n) is 3.17. The van der Waals surface area contributed by atoms with Gasteiger partial charge in [-0.1, -0.05) is 0 Å². The molecule has 21 heavy (non-hydrogen) atoms. The molecule has 0 spiro atoms. The molecule has 116 valence electrons. The minimum Gasteiger partial charge on any atom is -0.332 e. The molecule has 0 unspecified atom stereocenters. The van der Waals surface area contributed by atoms with E-state index in [-0.39, 0.29) is 12.5 Å². The molecular formula is C14H17F3N2OS. The first-order valence-corrected chi connectivity index (χ1v) is 7.97. The molecule has 7 heteroatoms.